The van der Waals surface area contributed by atoms with Gasteiger partial charge in [-0.25, -0.2) is 15.4 Å². The van der Waals surface area contributed by atoms with Crippen molar-refractivity contribution in [3.05, 3.63) is 121 Å². The van der Waals surface area contributed by atoms with E-state index in [4.69, 9.17) is 15.3 Å². The van der Waals surface area contributed by atoms with E-state index in [0.29, 0.717) is 37.2 Å². The lowest BCUT2D eigenvalue weighted by molar-refractivity contribution is 0.0931. The van der Waals surface area contributed by atoms with Crippen LogP contribution in [0.15, 0.2) is 75.8 Å². The third-order valence-corrected chi connectivity index (χ3v) is 8.23. The van der Waals surface area contributed by atoms with Gasteiger partial charge in [-0.3, -0.25) is 19.2 Å². The highest BCUT2D eigenvalue weighted by Gasteiger charge is 2.28. The number of amides is 2. The number of nitrogen functional groups attached to an aromatic ring is 1. The summed E-state index contributed by atoms with van der Waals surface area (Å²) >= 11 is 0. The minimum absolute atomic E-state index is 0.0346. The van der Waals surface area contributed by atoms with Crippen LogP contribution in [0.25, 0.3) is 0 Å². The number of aryl methyl sites for hydroxylation is 1. The van der Waals surface area contributed by atoms with Gasteiger partial charge in [0.15, 0.2) is 5.84 Å². The number of aromatic nitrogens is 2. The molecular weight excluding hydrogens is 592 g/mol. The van der Waals surface area contributed by atoms with Crippen molar-refractivity contribution in [3.63, 3.8) is 0 Å². The van der Waals surface area contributed by atoms with Gasteiger partial charge in [0.1, 0.15) is 41.4 Å². The molecule has 0 spiro atoms. The molecule has 3 aliphatic rings. The van der Waals surface area contributed by atoms with Gasteiger partial charge in [-0.2, -0.15) is 4.99 Å². The highest BCUT2D eigenvalue weighted by Crippen LogP contribution is 2.32. The van der Waals surface area contributed by atoms with Crippen LogP contribution in [0, 0.1) is 0 Å². The molecule has 7 rings (SSSR count). The number of nitrogens with one attached hydrogen (secondary N) is 3. The van der Waals surface area contributed by atoms with Gasteiger partial charge in [-0.1, -0.05) is 18.2 Å². The average molecular weight is 621 g/mol. The maximum absolute atomic E-state index is 13.1. The number of nitrogens with zero attached hydrogens (tertiary/aromatic N) is 4. The van der Waals surface area contributed by atoms with Crippen molar-refractivity contribution in [1.29, 1.82) is 0 Å². The summed E-state index contributed by atoms with van der Waals surface area (Å²) in [6.45, 7) is 4.87. The van der Waals surface area contributed by atoms with E-state index in [1.54, 1.807) is 11.0 Å². The molecule has 1 atom stereocenters. The molecule has 2 aliphatic heterocycles. The first kappa shape index (κ1) is 28.7. The Morgan fingerprint density at radius 3 is 2.65 bits per heavy atom. The standard InChI is InChI=1S/C32H28N8O6/c1-16-37-30(39-46-16)19-3-5-21-18(11-19)4-6-22(21)38-32(44)24-12-23(35-15-36-24)31(43)34-13-17-2-7-25-20(10-17)14-40(8-9-45-25)27-26(33)28(41)29(27)42/h2-3,5,7,10-12,15,22H,1,4,6,8-9,13-14,33H2,(H,34,43)(H,37,39)(H,38,44)/t22-/m0/s1. The molecule has 14 heteroatoms. The number of hydrogen-bond acceptors (Lipinski definition) is 12. The number of hydrogen-bond donors (Lipinski definition) is 4. The number of amidine groups is 1. The van der Waals surface area contributed by atoms with Crippen molar-refractivity contribution >= 4 is 29.0 Å². The van der Waals surface area contributed by atoms with E-state index in [1.807, 2.05) is 30.3 Å². The minimum atomic E-state index is -0.670. The van der Waals surface area contributed by atoms with Gasteiger partial charge >= 0.3 is 0 Å². The van der Waals surface area contributed by atoms with Crippen molar-refractivity contribution in [2.45, 2.75) is 32.0 Å². The molecule has 1 aliphatic carbocycles. The van der Waals surface area contributed by atoms with Crippen LogP contribution in [0.1, 0.15) is 61.3 Å². The SMILES string of the molecule is C=C1N=C(c2ccc3c(c2)CC[C@@H]3NC(=O)c2cc(C(=O)NCc3ccc4c(c3)CN(c3c(N)c(=O)c3=O)CCO4)ncn2)NO1. The molecular formula is C32H28N8O6. The Balaban J connectivity index is 0.987. The summed E-state index contributed by atoms with van der Waals surface area (Å²) in [5.74, 6) is 0.631. The zero-order valence-corrected chi connectivity index (χ0v) is 24.5. The van der Waals surface area contributed by atoms with Gasteiger partial charge in [-0.15, -0.1) is 0 Å². The van der Waals surface area contributed by atoms with E-state index in [0.717, 1.165) is 40.7 Å². The number of nitrogens with two attached hydrogens (primary N) is 1. The Labute approximate surface area is 261 Å². The van der Waals surface area contributed by atoms with Gasteiger partial charge in [0.2, 0.25) is 5.88 Å². The van der Waals surface area contributed by atoms with Crippen molar-refractivity contribution in [2.24, 2.45) is 4.99 Å². The van der Waals surface area contributed by atoms with Crippen LogP contribution < -0.4 is 42.3 Å². The van der Waals surface area contributed by atoms with Crippen LogP contribution in [0.5, 0.6) is 5.75 Å². The first-order valence-electron chi connectivity index (χ1n) is 14.6. The van der Waals surface area contributed by atoms with Crippen molar-refractivity contribution < 1.29 is 19.2 Å². The first-order valence-corrected chi connectivity index (χ1v) is 14.6. The quantitative estimate of drug-likeness (QED) is 0.217. The summed E-state index contributed by atoms with van der Waals surface area (Å²) in [6, 6.07) is 12.5. The molecule has 1 aromatic heterocycles. The van der Waals surface area contributed by atoms with E-state index in [1.165, 1.54) is 12.4 Å². The molecule has 0 saturated carbocycles. The predicted molar refractivity (Wildman–Crippen MR) is 167 cm³/mol. The molecule has 0 radical (unpaired) electrons. The molecule has 232 valence electrons. The number of benzene rings is 2. The van der Waals surface area contributed by atoms with Gasteiger partial charge in [0, 0.05) is 30.3 Å². The Hall–Kier alpha value is -6.05. The second kappa shape index (κ2) is 11.5. The smallest absolute Gasteiger partial charge is 0.270 e. The molecule has 5 N–H and O–H groups in total. The highest BCUT2D eigenvalue weighted by molar-refractivity contribution is 6.00. The monoisotopic (exact) mass is 620 g/mol. The fourth-order valence-corrected chi connectivity index (χ4v) is 5.89. The van der Waals surface area contributed by atoms with Gasteiger partial charge in [0.25, 0.3) is 22.7 Å². The Morgan fingerprint density at radius 2 is 1.87 bits per heavy atom. The van der Waals surface area contributed by atoms with Gasteiger partial charge in [0.05, 0.1) is 12.6 Å². The second-order valence-electron chi connectivity index (χ2n) is 11.1. The number of carbonyl (C=O) groups excluding carboxylic acids is 2. The van der Waals surface area contributed by atoms with Crippen LogP contribution in [-0.4, -0.2) is 40.8 Å². The van der Waals surface area contributed by atoms with Crippen LogP contribution >= 0.6 is 0 Å². The Kier molecular flexibility index (Phi) is 7.15. The third kappa shape index (κ3) is 5.29. The summed E-state index contributed by atoms with van der Waals surface area (Å²) in [7, 11) is 0. The third-order valence-electron chi connectivity index (χ3n) is 8.23. The van der Waals surface area contributed by atoms with Crippen molar-refractivity contribution in [3.8, 4) is 5.75 Å². The highest BCUT2D eigenvalue weighted by atomic mass is 16.7. The van der Waals surface area contributed by atoms with Crippen LogP contribution in [0.3, 0.4) is 0 Å². The molecule has 14 nitrogen and oxygen atoms in total. The number of carbonyl (C=O) groups is 2. The molecule has 0 bridgehead atoms. The second-order valence-corrected chi connectivity index (χ2v) is 11.1. The number of fused-ring (bicyclic) bond motifs is 2. The van der Waals surface area contributed by atoms with E-state index >= 15 is 0 Å². The van der Waals surface area contributed by atoms with E-state index in [9.17, 15) is 19.2 Å². The molecule has 3 aromatic carbocycles. The van der Waals surface area contributed by atoms with Crippen molar-refractivity contribution in [2.75, 3.05) is 23.8 Å². The molecule has 2 amide bonds. The Morgan fingerprint density at radius 1 is 1.04 bits per heavy atom. The van der Waals surface area contributed by atoms with Crippen LogP contribution in [0.2, 0.25) is 0 Å². The molecule has 0 fully saturated rings. The van der Waals surface area contributed by atoms with Crippen LogP contribution in [-0.2, 0) is 24.3 Å². The summed E-state index contributed by atoms with van der Waals surface area (Å²) in [4.78, 5) is 69.1. The average Bonchev–Trinajstić information content (AvgIpc) is 3.63. The van der Waals surface area contributed by atoms with E-state index < -0.39 is 22.7 Å². The predicted octanol–water partition coefficient (Wildman–Crippen LogP) is 1.15. The van der Waals surface area contributed by atoms with Crippen LogP contribution in [0.4, 0.5) is 11.4 Å². The number of anilines is 2. The van der Waals surface area contributed by atoms with Gasteiger partial charge in [-0.05, 0) is 54.3 Å². The summed E-state index contributed by atoms with van der Waals surface area (Å²) in [5.41, 5.74) is 12.1. The maximum atomic E-state index is 13.1. The number of ether oxygens (including phenoxy) is 1. The topological polar surface area (TPSA) is 190 Å². The lowest BCUT2D eigenvalue weighted by Gasteiger charge is -2.24. The molecule has 0 unspecified atom stereocenters. The van der Waals surface area contributed by atoms with Gasteiger partial charge < -0.3 is 30.8 Å². The summed E-state index contributed by atoms with van der Waals surface area (Å²) in [6.07, 6.45) is 2.68. The zero-order chi connectivity index (χ0) is 31.9. The number of rotatable bonds is 7. The number of aliphatic imine (C=N–C) groups is 1. The number of hydroxylamine groups is 1. The van der Waals surface area contributed by atoms with E-state index in [2.05, 4.69) is 37.7 Å². The fraction of sp³-hybridized carbons (Fsp3) is 0.219. The summed E-state index contributed by atoms with van der Waals surface area (Å²) < 4.78 is 5.82. The maximum Gasteiger partial charge on any atom is 0.270 e. The molecule has 0 saturated heterocycles. The molecule has 46 heavy (non-hydrogen) atoms. The fourth-order valence-electron chi connectivity index (χ4n) is 5.89. The summed E-state index contributed by atoms with van der Waals surface area (Å²) in [5, 5.41) is 5.85. The minimum Gasteiger partial charge on any atom is -0.491 e. The van der Waals surface area contributed by atoms with E-state index in [-0.39, 0.29) is 35.3 Å². The van der Waals surface area contributed by atoms with Crippen molar-refractivity contribution in [1.82, 2.24) is 26.1 Å². The Bertz CT molecular complexity index is 2030. The molecule has 3 heterocycles. The lowest BCUT2D eigenvalue weighted by atomic mass is 10.0. The zero-order valence-electron chi connectivity index (χ0n) is 24.5. The normalized spacial score (nSPS) is 16.8. The largest absolute Gasteiger partial charge is 0.491 e. The molecule has 4 aromatic rings. The first-order chi connectivity index (χ1) is 22.2. The lowest BCUT2D eigenvalue weighted by Crippen LogP contribution is -2.43.